The molecule has 3 rings (SSSR count). The molecule has 116 valence electrons. The third-order valence-electron chi connectivity index (χ3n) is 3.83. The Kier molecular flexibility index (Phi) is 3.43. The third-order valence-corrected chi connectivity index (χ3v) is 3.83. The number of carboxylic acids is 1. The number of aromatic nitrogens is 1. The third kappa shape index (κ3) is 2.47. The van der Waals surface area contributed by atoms with E-state index in [4.69, 9.17) is 4.74 Å². The Hall–Kier alpha value is -2.30. The molecule has 0 radical (unpaired) electrons. The van der Waals surface area contributed by atoms with Crippen LogP contribution in [-0.4, -0.2) is 21.7 Å². The van der Waals surface area contributed by atoms with E-state index < -0.39 is 11.4 Å². The van der Waals surface area contributed by atoms with Crippen molar-refractivity contribution in [2.75, 3.05) is 0 Å². The predicted octanol–water partition coefficient (Wildman–Crippen LogP) is 3.13. The number of carboxylic acid groups (broad SMARTS) is 1. The van der Waals surface area contributed by atoms with Gasteiger partial charge in [-0.15, -0.1) is 0 Å². The Morgan fingerprint density at radius 3 is 2.59 bits per heavy atom. The Labute approximate surface area is 128 Å². The molecule has 5 nitrogen and oxygen atoms in total. The highest BCUT2D eigenvalue weighted by Crippen LogP contribution is 2.38. The van der Waals surface area contributed by atoms with Gasteiger partial charge in [-0.3, -0.25) is 4.79 Å². The van der Waals surface area contributed by atoms with Crippen molar-refractivity contribution in [3.8, 4) is 5.75 Å². The lowest BCUT2D eigenvalue weighted by molar-refractivity contribution is 0.0695. The summed E-state index contributed by atoms with van der Waals surface area (Å²) in [6.45, 7) is 5.75. The van der Waals surface area contributed by atoms with E-state index in [-0.39, 0.29) is 17.7 Å². The zero-order valence-electron chi connectivity index (χ0n) is 12.9. The Bertz CT molecular complexity index is 815. The summed E-state index contributed by atoms with van der Waals surface area (Å²) in [5.74, 6) is -0.587. The molecule has 1 aliphatic carbocycles. The molecule has 0 unspecified atom stereocenters. The Balaban J connectivity index is 2.33. The van der Waals surface area contributed by atoms with Crippen LogP contribution in [0.1, 0.15) is 48.7 Å². The highest BCUT2D eigenvalue weighted by molar-refractivity contribution is 5.94. The number of aryl methyl sites for hydroxylation is 1. The summed E-state index contributed by atoms with van der Waals surface area (Å²) < 4.78 is 7.62. The molecule has 2 aromatic rings. The maximum absolute atomic E-state index is 12.5. The lowest BCUT2D eigenvalue weighted by Gasteiger charge is -2.16. The van der Waals surface area contributed by atoms with E-state index in [2.05, 4.69) is 0 Å². The minimum atomic E-state index is -1.19. The van der Waals surface area contributed by atoms with Crippen molar-refractivity contribution in [2.24, 2.45) is 0 Å². The first-order valence-electron chi connectivity index (χ1n) is 7.48. The van der Waals surface area contributed by atoms with Gasteiger partial charge in [0.05, 0.1) is 17.0 Å². The Morgan fingerprint density at radius 2 is 2.05 bits per heavy atom. The lowest BCUT2D eigenvalue weighted by Crippen LogP contribution is -2.19. The maximum Gasteiger partial charge on any atom is 0.341 e. The molecule has 0 saturated heterocycles. The first-order chi connectivity index (χ1) is 10.4. The molecule has 1 fully saturated rings. The Morgan fingerprint density at radius 1 is 1.36 bits per heavy atom. The summed E-state index contributed by atoms with van der Waals surface area (Å²) in [5, 5.41) is 9.71. The fourth-order valence-corrected chi connectivity index (χ4v) is 2.80. The second kappa shape index (κ2) is 5.16. The van der Waals surface area contributed by atoms with Gasteiger partial charge in [0.2, 0.25) is 5.43 Å². The van der Waals surface area contributed by atoms with Crippen molar-refractivity contribution in [3.05, 3.63) is 39.7 Å². The second-order valence-electron chi connectivity index (χ2n) is 6.12. The van der Waals surface area contributed by atoms with Crippen molar-refractivity contribution < 1.29 is 14.6 Å². The van der Waals surface area contributed by atoms with E-state index in [1.807, 2.05) is 31.4 Å². The number of carbonyl (C=O) groups is 1. The van der Waals surface area contributed by atoms with Gasteiger partial charge in [-0.2, -0.15) is 0 Å². The molecular weight excluding hydrogens is 282 g/mol. The van der Waals surface area contributed by atoms with Crippen LogP contribution in [0.2, 0.25) is 0 Å². The predicted molar refractivity (Wildman–Crippen MR) is 83.9 cm³/mol. The van der Waals surface area contributed by atoms with Crippen molar-refractivity contribution >= 4 is 16.9 Å². The number of fused-ring (bicyclic) bond motifs is 1. The first-order valence-corrected chi connectivity index (χ1v) is 7.48. The van der Waals surface area contributed by atoms with Gasteiger partial charge in [0.25, 0.3) is 0 Å². The summed E-state index contributed by atoms with van der Waals surface area (Å²) in [7, 11) is 0. The van der Waals surface area contributed by atoms with Gasteiger partial charge in [0.15, 0.2) is 0 Å². The molecule has 1 aliphatic rings. The molecule has 22 heavy (non-hydrogen) atoms. The smallest absolute Gasteiger partial charge is 0.341 e. The number of benzene rings is 1. The molecule has 0 spiro atoms. The molecular formula is C17H19NO4. The normalized spacial score (nSPS) is 14.5. The van der Waals surface area contributed by atoms with Crippen LogP contribution in [0.15, 0.2) is 23.1 Å². The number of aromatic carboxylic acids is 1. The highest BCUT2D eigenvalue weighted by atomic mass is 16.5. The molecule has 0 bridgehead atoms. The average Bonchev–Trinajstić information content (AvgIpc) is 3.23. The van der Waals surface area contributed by atoms with Crippen LogP contribution in [-0.2, 0) is 0 Å². The van der Waals surface area contributed by atoms with Crippen LogP contribution in [0.4, 0.5) is 0 Å². The molecule has 0 aliphatic heterocycles. The number of hydrogen-bond acceptors (Lipinski definition) is 3. The monoisotopic (exact) mass is 301 g/mol. The van der Waals surface area contributed by atoms with Crippen molar-refractivity contribution in [3.63, 3.8) is 0 Å². The van der Waals surface area contributed by atoms with Crippen molar-refractivity contribution in [1.82, 2.24) is 4.57 Å². The maximum atomic E-state index is 12.5. The minimum Gasteiger partial charge on any atom is -0.491 e. The highest BCUT2D eigenvalue weighted by Gasteiger charge is 2.27. The first kappa shape index (κ1) is 14.6. The zero-order valence-corrected chi connectivity index (χ0v) is 12.9. The van der Waals surface area contributed by atoms with Gasteiger partial charge in [-0.25, -0.2) is 4.79 Å². The van der Waals surface area contributed by atoms with E-state index in [9.17, 15) is 14.7 Å². The number of nitrogens with zero attached hydrogens (tertiary/aromatic N) is 1. The van der Waals surface area contributed by atoms with Crippen molar-refractivity contribution in [2.45, 2.75) is 45.8 Å². The molecule has 1 heterocycles. The quantitative estimate of drug-likeness (QED) is 0.942. The van der Waals surface area contributed by atoms with Gasteiger partial charge in [-0.1, -0.05) is 0 Å². The second-order valence-corrected chi connectivity index (χ2v) is 6.12. The van der Waals surface area contributed by atoms with E-state index in [0.717, 1.165) is 23.9 Å². The standard InChI is InChI=1S/C17H19NO4/c1-9(2)22-12-6-10(3)15-13(7-12)16(19)14(17(20)21)8-18(15)11-4-5-11/h6-9,11H,4-5H2,1-3H3,(H,20,21). The van der Waals surface area contributed by atoms with E-state index in [1.54, 1.807) is 6.07 Å². The van der Waals surface area contributed by atoms with Crippen LogP contribution < -0.4 is 10.2 Å². The van der Waals surface area contributed by atoms with Crippen LogP contribution >= 0.6 is 0 Å². The molecule has 0 amide bonds. The number of ether oxygens (including phenoxy) is 1. The molecule has 1 aromatic heterocycles. The molecule has 1 N–H and O–H groups in total. The summed E-state index contributed by atoms with van der Waals surface area (Å²) in [4.78, 5) is 23.9. The van der Waals surface area contributed by atoms with Crippen LogP contribution in [0, 0.1) is 6.92 Å². The summed E-state index contributed by atoms with van der Waals surface area (Å²) in [6, 6.07) is 3.86. The van der Waals surface area contributed by atoms with Crippen LogP contribution in [0.25, 0.3) is 10.9 Å². The molecule has 5 heteroatoms. The van der Waals surface area contributed by atoms with Gasteiger partial charge in [0.1, 0.15) is 11.3 Å². The van der Waals surface area contributed by atoms with E-state index in [0.29, 0.717) is 11.1 Å². The molecule has 1 aromatic carbocycles. The number of pyridine rings is 1. The topological polar surface area (TPSA) is 68.5 Å². The summed E-state index contributed by atoms with van der Waals surface area (Å²) in [6.07, 6.45) is 3.51. The summed E-state index contributed by atoms with van der Waals surface area (Å²) in [5.41, 5.74) is 1.11. The minimum absolute atomic E-state index is 0.00911. The largest absolute Gasteiger partial charge is 0.491 e. The van der Waals surface area contributed by atoms with Gasteiger partial charge in [0, 0.05) is 12.2 Å². The van der Waals surface area contributed by atoms with Gasteiger partial charge < -0.3 is 14.4 Å². The lowest BCUT2D eigenvalue weighted by atomic mass is 10.1. The zero-order chi connectivity index (χ0) is 16.0. The molecule has 0 atom stereocenters. The van der Waals surface area contributed by atoms with Gasteiger partial charge in [-0.05, 0) is 51.3 Å². The number of hydrogen-bond donors (Lipinski definition) is 1. The van der Waals surface area contributed by atoms with E-state index >= 15 is 0 Å². The fraction of sp³-hybridized carbons (Fsp3) is 0.412. The van der Waals surface area contributed by atoms with E-state index in [1.165, 1.54) is 6.20 Å². The average molecular weight is 301 g/mol. The van der Waals surface area contributed by atoms with Crippen molar-refractivity contribution in [1.29, 1.82) is 0 Å². The number of rotatable bonds is 4. The SMILES string of the molecule is Cc1cc(OC(C)C)cc2c(=O)c(C(=O)O)cn(C3CC3)c12. The van der Waals surface area contributed by atoms with Crippen LogP contribution in [0.5, 0.6) is 5.75 Å². The molecule has 1 saturated carbocycles. The summed E-state index contributed by atoms with van der Waals surface area (Å²) >= 11 is 0. The van der Waals surface area contributed by atoms with Gasteiger partial charge >= 0.3 is 5.97 Å². The fourth-order valence-electron chi connectivity index (χ4n) is 2.80. The van der Waals surface area contributed by atoms with Crippen LogP contribution in [0.3, 0.4) is 0 Å².